The van der Waals surface area contributed by atoms with Crippen molar-refractivity contribution >= 4 is 17.5 Å². The summed E-state index contributed by atoms with van der Waals surface area (Å²) in [5, 5.41) is 11.2. The molecule has 3 aromatic carbocycles. The zero-order chi connectivity index (χ0) is 25.1. The van der Waals surface area contributed by atoms with Crippen LogP contribution in [-0.2, 0) is 4.79 Å². The van der Waals surface area contributed by atoms with Gasteiger partial charge in [0.15, 0.2) is 5.82 Å². The number of aromatic nitrogens is 3. The molecule has 0 radical (unpaired) electrons. The molecule has 1 atom stereocenters. The molecule has 0 saturated carbocycles. The molecule has 2 heterocycles. The van der Waals surface area contributed by atoms with E-state index in [1.807, 2.05) is 92.7 Å². The molecule has 0 spiro atoms. The van der Waals surface area contributed by atoms with Gasteiger partial charge >= 0.3 is 0 Å². The fraction of sp³-hybridized carbons (Fsp3) is 0.179. The number of nitrogens with zero attached hydrogens (tertiary/aromatic N) is 3. The van der Waals surface area contributed by atoms with Gasteiger partial charge in [-0.3, -0.25) is 4.79 Å². The molecule has 36 heavy (non-hydrogen) atoms. The van der Waals surface area contributed by atoms with Crippen molar-refractivity contribution in [3.8, 4) is 22.9 Å². The number of hydrogen-bond donors (Lipinski definition) is 2. The zero-order valence-corrected chi connectivity index (χ0v) is 20.4. The summed E-state index contributed by atoms with van der Waals surface area (Å²) >= 11 is 0. The van der Waals surface area contributed by atoms with Gasteiger partial charge in [0, 0.05) is 16.9 Å². The van der Waals surface area contributed by atoms with Crippen molar-refractivity contribution in [1.82, 2.24) is 14.8 Å². The number of ether oxygens (including phenoxy) is 2. The monoisotopic (exact) mass is 481 g/mol. The summed E-state index contributed by atoms with van der Waals surface area (Å²) in [6.07, 6.45) is 0. The Morgan fingerprint density at radius 3 is 2.44 bits per heavy atom. The Bertz CT molecular complexity index is 1430. The van der Waals surface area contributed by atoms with E-state index in [9.17, 15) is 4.79 Å². The van der Waals surface area contributed by atoms with E-state index >= 15 is 0 Å². The smallest absolute Gasteiger partial charge is 0.255 e. The summed E-state index contributed by atoms with van der Waals surface area (Å²) in [4.78, 5) is 18.4. The largest absolute Gasteiger partial charge is 0.496 e. The number of carbonyl (C=O) groups is 1. The average molecular weight is 482 g/mol. The van der Waals surface area contributed by atoms with Crippen molar-refractivity contribution in [2.24, 2.45) is 0 Å². The summed E-state index contributed by atoms with van der Waals surface area (Å²) in [6.45, 7) is 4.30. The van der Waals surface area contributed by atoms with E-state index in [1.165, 1.54) is 0 Å². The lowest BCUT2D eigenvalue weighted by Gasteiger charge is -2.29. The summed E-state index contributed by atoms with van der Waals surface area (Å²) in [7, 11) is 1.62. The molecule has 0 aliphatic carbocycles. The highest BCUT2D eigenvalue weighted by atomic mass is 16.5. The number of allylic oxidation sites excluding steroid dienone is 1. The van der Waals surface area contributed by atoms with Crippen LogP contribution >= 0.6 is 0 Å². The van der Waals surface area contributed by atoms with Crippen LogP contribution in [0, 0.1) is 0 Å². The summed E-state index contributed by atoms with van der Waals surface area (Å²) in [5.74, 6) is 2.14. The Hall–Kier alpha value is -4.59. The third kappa shape index (κ3) is 4.29. The van der Waals surface area contributed by atoms with E-state index < -0.39 is 6.04 Å². The van der Waals surface area contributed by atoms with Crippen molar-refractivity contribution in [3.05, 3.63) is 95.7 Å². The van der Waals surface area contributed by atoms with Crippen molar-refractivity contribution < 1.29 is 14.3 Å². The Labute approximate surface area is 209 Å². The molecule has 0 fully saturated rings. The molecule has 2 N–H and O–H groups in total. The molecule has 5 rings (SSSR count). The minimum Gasteiger partial charge on any atom is -0.496 e. The second-order valence-corrected chi connectivity index (χ2v) is 8.26. The lowest BCUT2D eigenvalue weighted by Crippen LogP contribution is -2.31. The van der Waals surface area contributed by atoms with E-state index in [4.69, 9.17) is 19.6 Å². The zero-order valence-electron chi connectivity index (χ0n) is 20.4. The summed E-state index contributed by atoms with van der Waals surface area (Å²) in [6, 6.07) is 24.1. The SMILES string of the molecule is CCOc1ccccc1C1C(C(=O)Nc2ccccc2)=C(C)Nc2nc(-c3ccccc3OC)nn21. The van der Waals surface area contributed by atoms with E-state index in [1.54, 1.807) is 11.8 Å². The first kappa shape index (κ1) is 23.2. The highest BCUT2D eigenvalue weighted by molar-refractivity contribution is 6.06. The van der Waals surface area contributed by atoms with Crippen molar-refractivity contribution in [1.29, 1.82) is 0 Å². The fourth-order valence-corrected chi connectivity index (χ4v) is 4.39. The molecule has 1 aliphatic rings. The molecule has 1 aromatic heterocycles. The van der Waals surface area contributed by atoms with Crippen LogP contribution < -0.4 is 20.1 Å². The van der Waals surface area contributed by atoms with E-state index in [0.717, 1.165) is 11.1 Å². The number of hydrogen-bond acceptors (Lipinski definition) is 6. The summed E-state index contributed by atoms with van der Waals surface area (Å²) < 4.78 is 13.2. The maximum Gasteiger partial charge on any atom is 0.255 e. The van der Waals surface area contributed by atoms with Gasteiger partial charge < -0.3 is 20.1 Å². The number of amides is 1. The predicted molar refractivity (Wildman–Crippen MR) is 139 cm³/mol. The van der Waals surface area contributed by atoms with Crippen LogP contribution in [0.3, 0.4) is 0 Å². The molecule has 1 aliphatic heterocycles. The number of carbonyl (C=O) groups excluding carboxylic acids is 1. The predicted octanol–water partition coefficient (Wildman–Crippen LogP) is 5.28. The molecule has 4 aromatic rings. The Kier molecular flexibility index (Phi) is 6.40. The molecule has 8 heteroatoms. The van der Waals surface area contributed by atoms with Crippen LogP contribution in [0.4, 0.5) is 11.6 Å². The Balaban J connectivity index is 1.65. The van der Waals surface area contributed by atoms with Crippen LogP contribution in [0.2, 0.25) is 0 Å². The van der Waals surface area contributed by atoms with E-state index in [0.29, 0.717) is 46.8 Å². The van der Waals surface area contributed by atoms with Crippen LogP contribution in [-0.4, -0.2) is 34.4 Å². The Morgan fingerprint density at radius 1 is 1.00 bits per heavy atom. The Morgan fingerprint density at radius 2 is 1.69 bits per heavy atom. The third-order valence-electron chi connectivity index (χ3n) is 5.99. The highest BCUT2D eigenvalue weighted by Gasteiger charge is 2.36. The number of rotatable bonds is 7. The number of methoxy groups -OCH3 is 1. The first-order valence-corrected chi connectivity index (χ1v) is 11.8. The topological polar surface area (TPSA) is 90.3 Å². The van der Waals surface area contributed by atoms with Gasteiger partial charge in [0.05, 0.1) is 24.9 Å². The lowest BCUT2D eigenvalue weighted by molar-refractivity contribution is -0.113. The molecule has 1 unspecified atom stereocenters. The molecular formula is C28H27N5O3. The molecule has 0 saturated heterocycles. The van der Waals surface area contributed by atoms with E-state index in [2.05, 4.69) is 10.6 Å². The van der Waals surface area contributed by atoms with Gasteiger partial charge in [-0.2, -0.15) is 4.98 Å². The second kappa shape index (κ2) is 9.95. The quantitative estimate of drug-likeness (QED) is 0.373. The van der Waals surface area contributed by atoms with Crippen molar-refractivity contribution in [2.45, 2.75) is 19.9 Å². The number of para-hydroxylation sites is 3. The second-order valence-electron chi connectivity index (χ2n) is 8.26. The van der Waals surface area contributed by atoms with Crippen LogP contribution in [0.1, 0.15) is 25.5 Å². The normalized spacial score (nSPS) is 14.6. The fourth-order valence-electron chi connectivity index (χ4n) is 4.39. The number of anilines is 2. The third-order valence-corrected chi connectivity index (χ3v) is 5.99. The molecule has 8 nitrogen and oxygen atoms in total. The van der Waals surface area contributed by atoms with Gasteiger partial charge in [-0.25, -0.2) is 4.68 Å². The van der Waals surface area contributed by atoms with E-state index in [-0.39, 0.29) is 5.91 Å². The standard InChI is InChI=1S/C28H27N5O3/c1-4-36-23-17-11-8-14-20(23)25-24(27(34)30-19-12-6-5-7-13-19)18(2)29-28-31-26(32-33(25)28)21-15-9-10-16-22(21)35-3/h5-17,25H,4H2,1-3H3,(H,30,34)(H,29,31,32). The first-order chi connectivity index (χ1) is 17.6. The van der Waals surface area contributed by atoms with Gasteiger partial charge in [0.25, 0.3) is 5.91 Å². The van der Waals surface area contributed by atoms with Gasteiger partial charge in [0.1, 0.15) is 17.5 Å². The van der Waals surface area contributed by atoms with Gasteiger partial charge in [-0.15, -0.1) is 5.10 Å². The van der Waals surface area contributed by atoms with Crippen LogP contribution in [0.15, 0.2) is 90.1 Å². The van der Waals surface area contributed by atoms with Gasteiger partial charge in [-0.1, -0.05) is 48.5 Å². The molecule has 0 bridgehead atoms. The van der Waals surface area contributed by atoms with Crippen molar-refractivity contribution in [2.75, 3.05) is 24.4 Å². The summed E-state index contributed by atoms with van der Waals surface area (Å²) in [5.41, 5.74) is 3.49. The average Bonchev–Trinajstić information content (AvgIpc) is 3.32. The minimum absolute atomic E-state index is 0.234. The molecule has 182 valence electrons. The number of nitrogens with one attached hydrogen (secondary N) is 2. The molecule has 1 amide bonds. The lowest BCUT2D eigenvalue weighted by atomic mass is 9.94. The van der Waals surface area contributed by atoms with Crippen LogP contribution in [0.25, 0.3) is 11.4 Å². The first-order valence-electron chi connectivity index (χ1n) is 11.8. The maximum absolute atomic E-state index is 13.7. The maximum atomic E-state index is 13.7. The van der Waals surface area contributed by atoms with Crippen LogP contribution in [0.5, 0.6) is 11.5 Å². The number of fused-ring (bicyclic) bond motifs is 1. The number of benzene rings is 3. The van der Waals surface area contributed by atoms with Crippen molar-refractivity contribution in [3.63, 3.8) is 0 Å². The highest BCUT2D eigenvalue weighted by Crippen LogP contribution is 2.41. The van der Waals surface area contributed by atoms with Gasteiger partial charge in [0.2, 0.25) is 5.95 Å². The molecular weight excluding hydrogens is 454 g/mol. The van der Waals surface area contributed by atoms with Gasteiger partial charge in [-0.05, 0) is 44.2 Å². The minimum atomic E-state index is -0.566.